The van der Waals surface area contributed by atoms with E-state index in [2.05, 4.69) is 0 Å². The molecule has 5 rings (SSSR count). The van der Waals surface area contributed by atoms with Gasteiger partial charge in [-0.25, -0.2) is 0 Å². The van der Waals surface area contributed by atoms with Crippen LogP contribution in [0.2, 0.25) is 0 Å². The first-order valence-corrected chi connectivity index (χ1v) is 10.9. The molecule has 0 aliphatic heterocycles. The van der Waals surface area contributed by atoms with Crippen LogP contribution in [0.3, 0.4) is 0 Å². The SMILES string of the molecule is O=C1CCC[C@@]2(c3ccc([N+](=O)[O-])cc3)[C@H]1[C@@H]1C(=O)CCC[C@]12c1ccc([N+](=O)[O-])cc1. The Morgan fingerprint density at radius 1 is 0.656 bits per heavy atom. The van der Waals surface area contributed by atoms with Crippen LogP contribution in [-0.2, 0) is 20.4 Å². The fraction of sp³-hybridized carbons (Fsp3) is 0.417. The molecule has 0 amide bonds. The molecule has 164 valence electrons. The van der Waals surface area contributed by atoms with E-state index >= 15 is 0 Å². The molecule has 0 saturated heterocycles. The third-order valence-electron chi connectivity index (χ3n) is 8.06. The second kappa shape index (κ2) is 7.05. The molecular formula is C24H22N2O6. The van der Waals surface area contributed by atoms with Crippen molar-refractivity contribution in [1.29, 1.82) is 0 Å². The summed E-state index contributed by atoms with van der Waals surface area (Å²) in [6.45, 7) is 0. The number of nitro groups is 2. The lowest BCUT2D eigenvalue weighted by Crippen LogP contribution is -2.76. The van der Waals surface area contributed by atoms with E-state index in [1.807, 2.05) is 0 Å². The monoisotopic (exact) mass is 434 g/mol. The summed E-state index contributed by atoms with van der Waals surface area (Å²) in [6, 6.07) is 12.8. The van der Waals surface area contributed by atoms with Gasteiger partial charge in [-0.15, -0.1) is 0 Å². The normalized spacial score (nSPS) is 31.2. The van der Waals surface area contributed by atoms with E-state index in [1.54, 1.807) is 24.3 Å². The van der Waals surface area contributed by atoms with Crippen LogP contribution in [0.4, 0.5) is 11.4 Å². The summed E-state index contributed by atoms with van der Waals surface area (Å²) in [6.07, 6.45) is 3.62. The molecule has 8 heteroatoms. The Kier molecular flexibility index (Phi) is 4.51. The highest BCUT2D eigenvalue weighted by Gasteiger charge is 2.76. The van der Waals surface area contributed by atoms with Crippen LogP contribution in [0, 0.1) is 32.1 Å². The molecule has 3 aliphatic carbocycles. The number of carbonyl (C=O) groups excluding carboxylic acids is 2. The Morgan fingerprint density at radius 2 is 1.00 bits per heavy atom. The van der Waals surface area contributed by atoms with Crippen LogP contribution in [0.25, 0.3) is 0 Å². The van der Waals surface area contributed by atoms with Crippen molar-refractivity contribution < 1.29 is 19.4 Å². The first-order chi connectivity index (χ1) is 15.3. The van der Waals surface area contributed by atoms with Gasteiger partial charge in [-0.3, -0.25) is 29.8 Å². The Morgan fingerprint density at radius 3 is 1.31 bits per heavy atom. The lowest BCUT2D eigenvalue weighted by Gasteiger charge is -2.72. The Hall–Kier alpha value is -3.42. The summed E-state index contributed by atoms with van der Waals surface area (Å²) < 4.78 is 0. The van der Waals surface area contributed by atoms with Crippen molar-refractivity contribution >= 4 is 22.9 Å². The van der Waals surface area contributed by atoms with E-state index in [0.29, 0.717) is 38.5 Å². The molecule has 0 aromatic heterocycles. The van der Waals surface area contributed by atoms with Gasteiger partial charge in [0.1, 0.15) is 11.6 Å². The maximum Gasteiger partial charge on any atom is 0.269 e. The molecule has 3 fully saturated rings. The van der Waals surface area contributed by atoms with Gasteiger partial charge < -0.3 is 0 Å². The first kappa shape index (κ1) is 20.5. The highest BCUT2D eigenvalue weighted by molar-refractivity contribution is 5.97. The number of rotatable bonds is 4. The van der Waals surface area contributed by atoms with E-state index in [9.17, 15) is 29.8 Å². The van der Waals surface area contributed by atoms with Crippen molar-refractivity contribution in [1.82, 2.24) is 0 Å². The second-order valence-corrected chi connectivity index (χ2v) is 9.15. The van der Waals surface area contributed by atoms with Gasteiger partial charge in [-0.1, -0.05) is 24.3 Å². The van der Waals surface area contributed by atoms with Crippen molar-refractivity contribution in [3.63, 3.8) is 0 Å². The number of non-ortho nitro benzene ring substituents is 2. The maximum atomic E-state index is 13.2. The number of benzene rings is 2. The van der Waals surface area contributed by atoms with Crippen molar-refractivity contribution in [2.24, 2.45) is 11.8 Å². The van der Waals surface area contributed by atoms with Crippen molar-refractivity contribution in [2.45, 2.75) is 49.4 Å². The molecule has 0 N–H and O–H groups in total. The molecule has 0 radical (unpaired) electrons. The summed E-state index contributed by atoms with van der Waals surface area (Å²) in [5.74, 6) is -0.763. The van der Waals surface area contributed by atoms with E-state index in [-0.39, 0.29) is 22.9 Å². The van der Waals surface area contributed by atoms with Crippen molar-refractivity contribution in [2.75, 3.05) is 0 Å². The molecule has 32 heavy (non-hydrogen) atoms. The Bertz CT molecular complexity index is 1050. The van der Waals surface area contributed by atoms with E-state index in [1.165, 1.54) is 24.3 Å². The second-order valence-electron chi connectivity index (χ2n) is 9.15. The van der Waals surface area contributed by atoms with Gasteiger partial charge in [0.05, 0.1) is 9.85 Å². The molecule has 0 heterocycles. The molecule has 2 aromatic carbocycles. The fourth-order valence-electron chi connectivity index (χ4n) is 7.02. The quantitative estimate of drug-likeness (QED) is 0.518. The molecule has 8 nitrogen and oxygen atoms in total. The third-order valence-corrected chi connectivity index (χ3v) is 8.06. The molecule has 0 unspecified atom stereocenters. The molecule has 2 aromatic rings. The van der Waals surface area contributed by atoms with E-state index in [4.69, 9.17) is 0 Å². The number of hydrogen-bond donors (Lipinski definition) is 0. The predicted molar refractivity (Wildman–Crippen MR) is 114 cm³/mol. The van der Waals surface area contributed by atoms with Crippen LogP contribution in [0.15, 0.2) is 48.5 Å². The number of ketones is 2. The van der Waals surface area contributed by atoms with Crippen LogP contribution in [-0.4, -0.2) is 21.4 Å². The zero-order valence-corrected chi connectivity index (χ0v) is 17.4. The van der Waals surface area contributed by atoms with Gasteiger partial charge in [-0.05, 0) is 36.8 Å². The van der Waals surface area contributed by atoms with Gasteiger partial charge >= 0.3 is 0 Å². The highest BCUT2D eigenvalue weighted by Crippen LogP contribution is 2.73. The molecule has 0 bridgehead atoms. The minimum Gasteiger partial charge on any atom is -0.299 e. The molecular weight excluding hydrogens is 412 g/mol. The Balaban J connectivity index is 1.73. The first-order valence-electron chi connectivity index (χ1n) is 10.9. The maximum absolute atomic E-state index is 13.2. The largest absolute Gasteiger partial charge is 0.299 e. The van der Waals surface area contributed by atoms with Gasteiger partial charge in [0.15, 0.2) is 0 Å². The van der Waals surface area contributed by atoms with E-state index < -0.39 is 32.5 Å². The van der Waals surface area contributed by atoms with Gasteiger partial charge in [-0.2, -0.15) is 0 Å². The number of hydrogen-bond acceptors (Lipinski definition) is 6. The smallest absolute Gasteiger partial charge is 0.269 e. The summed E-state index contributed by atoms with van der Waals surface area (Å²) >= 11 is 0. The summed E-state index contributed by atoms with van der Waals surface area (Å²) in [4.78, 5) is 47.8. The van der Waals surface area contributed by atoms with Crippen LogP contribution >= 0.6 is 0 Å². The van der Waals surface area contributed by atoms with Crippen LogP contribution in [0.1, 0.15) is 49.7 Å². The number of nitro benzene ring substituents is 2. The minimum atomic E-state index is -0.645. The standard InChI is InChI=1S/C24H22N2O6/c27-19-3-1-13-23(15-5-9-17(10-6-15)25(29)30)21(19)22-20(28)4-2-14-24(22,23)16-7-11-18(12-8-16)26(31)32/h5-12,21-22H,1-4,13-14H2/t21-,22+,23-,24+. The zero-order chi connectivity index (χ0) is 22.7. The summed E-state index contributed by atoms with van der Waals surface area (Å²) in [5, 5.41) is 22.4. The van der Waals surface area contributed by atoms with Gasteiger partial charge in [0.25, 0.3) is 11.4 Å². The van der Waals surface area contributed by atoms with Gasteiger partial charge in [0, 0.05) is 59.8 Å². The van der Waals surface area contributed by atoms with Gasteiger partial charge in [0.2, 0.25) is 0 Å². The summed E-state index contributed by atoms with van der Waals surface area (Å²) in [5.41, 5.74) is 0.339. The lowest BCUT2D eigenvalue weighted by molar-refractivity contribution is -0.385. The molecule has 0 spiro atoms. The average molecular weight is 434 g/mol. The molecule has 3 saturated carbocycles. The highest BCUT2D eigenvalue weighted by atomic mass is 16.6. The summed E-state index contributed by atoms with van der Waals surface area (Å²) in [7, 11) is 0. The number of carbonyl (C=O) groups is 2. The predicted octanol–water partition coefficient (Wildman–Crippen LogP) is 4.43. The van der Waals surface area contributed by atoms with E-state index in [0.717, 1.165) is 11.1 Å². The Labute approximate surface area is 183 Å². The van der Waals surface area contributed by atoms with Crippen molar-refractivity contribution in [3.05, 3.63) is 79.9 Å². The average Bonchev–Trinajstić information content (AvgIpc) is 2.77. The van der Waals surface area contributed by atoms with Crippen molar-refractivity contribution in [3.8, 4) is 0 Å². The topological polar surface area (TPSA) is 120 Å². The molecule has 3 aliphatic rings. The van der Waals surface area contributed by atoms with Crippen LogP contribution in [0.5, 0.6) is 0 Å². The minimum absolute atomic E-state index is 0.0242. The number of fused-ring (bicyclic) bond motifs is 4. The molecule has 4 atom stereocenters. The third kappa shape index (κ3) is 2.49. The fourth-order valence-corrected chi connectivity index (χ4v) is 7.02. The van der Waals surface area contributed by atoms with Crippen LogP contribution < -0.4 is 0 Å². The number of nitrogens with zero attached hydrogens (tertiary/aromatic N) is 2. The zero-order valence-electron chi connectivity index (χ0n) is 17.4. The number of Topliss-reactive ketones (excluding diaryl/α,β-unsaturated/α-hetero) is 2. The lowest BCUT2D eigenvalue weighted by atomic mass is 9.29.